The Morgan fingerprint density at radius 1 is 1.62 bits per heavy atom. The largest absolute Gasteiger partial charge is 1.00 e. The van der Waals surface area contributed by atoms with Crippen molar-refractivity contribution in [3.8, 4) is 0 Å². The molecule has 2 nitrogen and oxygen atoms in total. The average molecular weight is 120 g/mol. The van der Waals surface area contributed by atoms with Gasteiger partial charge in [0.25, 0.3) is 0 Å². The summed E-state index contributed by atoms with van der Waals surface area (Å²) in [5, 5.41) is 6.71. The molecule has 0 unspecified atom stereocenters. The van der Waals surface area contributed by atoms with Crippen molar-refractivity contribution in [3.05, 3.63) is 17.5 Å². The van der Waals surface area contributed by atoms with Crippen LogP contribution in [0.5, 0.6) is 0 Å². The predicted octanol–water partition coefficient (Wildman–Crippen LogP) is -1.86. The topological polar surface area (TPSA) is 28.7 Å². The summed E-state index contributed by atoms with van der Waals surface area (Å²) < 4.78 is 0. The summed E-state index contributed by atoms with van der Waals surface area (Å²) in [6.45, 7) is 3.95. The molecular weight excluding hydrogens is 111 g/mol. The SMILES string of the molecule is Cc1cc(C)[nH]n1.[H-].[Na+]. The Labute approximate surface area is 72.5 Å². The van der Waals surface area contributed by atoms with Crippen LogP contribution in [0.4, 0.5) is 0 Å². The number of rotatable bonds is 0. The summed E-state index contributed by atoms with van der Waals surface area (Å²) >= 11 is 0. The minimum Gasteiger partial charge on any atom is -1.00 e. The molecule has 0 saturated carbocycles. The zero-order valence-electron chi connectivity index (χ0n) is 6.52. The molecule has 0 aliphatic rings. The Bertz CT molecular complexity index is 147. The van der Waals surface area contributed by atoms with Gasteiger partial charge in [0.1, 0.15) is 0 Å². The van der Waals surface area contributed by atoms with Gasteiger partial charge in [0.15, 0.2) is 0 Å². The van der Waals surface area contributed by atoms with Gasteiger partial charge in [0, 0.05) is 5.69 Å². The zero-order chi connectivity index (χ0) is 5.28. The molecular formula is C5H9N2Na. The quantitative estimate of drug-likeness (QED) is 0.400. The molecule has 0 bridgehead atoms. The Morgan fingerprint density at radius 3 is 2.38 bits per heavy atom. The second-order valence-electron chi connectivity index (χ2n) is 1.69. The van der Waals surface area contributed by atoms with Crippen molar-refractivity contribution >= 4 is 0 Å². The fraction of sp³-hybridized carbons (Fsp3) is 0.400. The Hall–Kier alpha value is 0.210. The van der Waals surface area contributed by atoms with Crippen molar-refractivity contribution < 1.29 is 31.0 Å². The van der Waals surface area contributed by atoms with E-state index in [0.717, 1.165) is 11.4 Å². The van der Waals surface area contributed by atoms with Gasteiger partial charge < -0.3 is 1.43 Å². The van der Waals surface area contributed by atoms with Crippen molar-refractivity contribution in [2.24, 2.45) is 0 Å². The monoisotopic (exact) mass is 120 g/mol. The molecule has 0 radical (unpaired) electrons. The van der Waals surface area contributed by atoms with Gasteiger partial charge in [0.2, 0.25) is 0 Å². The second kappa shape index (κ2) is 3.28. The van der Waals surface area contributed by atoms with E-state index in [4.69, 9.17) is 0 Å². The van der Waals surface area contributed by atoms with Gasteiger partial charge in [-0.1, -0.05) is 0 Å². The molecule has 0 spiro atoms. The maximum Gasteiger partial charge on any atom is 1.00 e. The third-order valence-corrected chi connectivity index (χ3v) is 0.834. The van der Waals surface area contributed by atoms with Crippen LogP contribution in [0, 0.1) is 13.8 Å². The number of aromatic amines is 1. The maximum absolute atomic E-state index is 3.89. The molecule has 1 N–H and O–H groups in total. The minimum absolute atomic E-state index is 0. The molecule has 0 amide bonds. The summed E-state index contributed by atoms with van der Waals surface area (Å²) in [5.41, 5.74) is 2.18. The Balaban J connectivity index is 0. The molecule has 8 heavy (non-hydrogen) atoms. The van der Waals surface area contributed by atoms with Crippen LogP contribution in [0.15, 0.2) is 6.07 Å². The molecule has 1 rings (SSSR count). The number of hydrogen-bond donors (Lipinski definition) is 1. The van der Waals surface area contributed by atoms with Crippen LogP contribution < -0.4 is 29.6 Å². The van der Waals surface area contributed by atoms with E-state index in [2.05, 4.69) is 10.2 Å². The first-order chi connectivity index (χ1) is 3.29. The number of hydrogen-bond acceptors (Lipinski definition) is 1. The fourth-order valence-electron chi connectivity index (χ4n) is 0.554. The first-order valence-electron chi connectivity index (χ1n) is 2.27. The van der Waals surface area contributed by atoms with Gasteiger partial charge in [-0.05, 0) is 19.9 Å². The van der Waals surface area contributed by atoms with Crippen LogP contribution in [-0.2, 0) is 0 Å². The van der Waals surface area contributed by atoms with Crippen LogP contribution >= 0.6 is 0 Å². The zero-order valence-corrected chi connectivity index (χ0v) is 7.52. The van der Waals surface area contributed by atoms with Gasteiger partial charge >= 0.3 is 29.6 Å². The van der Waals surface area contributed by atoms with E-state index in [1.165, 1.54) is 0 Å². The van der Waals surface area contributed by atoms with Crippen LogP contribution in [0.1, 0.15) is 12.8 Å². The molecule has 0 aromatic carbocycles. The van der Waals surface area contributed by atoms with E-state index >= 15 is 0 Å². The van der Waals surface area contributed by atoms with Crippen molar-refractivity contribution in [2.75, 3.05) is 0 Å². The van der Waals surface area contributed by atoms with Crippen LogP contribution in [0.3, 0.4) is 0 Å². The van der Waals surface area contributed by atoms with Crippen LogP contribution in [0.2, 0.25) is 0 Å². The third kappa shape index (κ3) is 1.99. The number of nitrogens with one attached hydrogen (secondary N) is 1. The molecule has 0 atom stereocenters. The standard InChI is InChI=1S/C5H8N2.Na.H/c1-4-3-5(2)7-6-4;;/h3H,1-2H3,(H,6,7);;/q;+1;-1. The number of nitrogens with zero attached hydrogens (tertiary/aromatic N) is 1. The van der Waals surface area contributed by atoms with Gasteiger partial charge in [-0.3, -0.25) is 5.10 Å². The summed E-state index contributed by atoms with van der Waals surface area (Å²) in [6, 6.07) is 2.00. The molecule has 0 aliphatic heterocycles. The van der Waals surface area contributed by atoms with Gasteiger partial charge in [-0.25, -0.2) is 0 Å². The van der Waals surface area contributed by atoms with E-state index in [1.807, 2.05) is 19.9 Å². The van der Waals surface area contributed by atoms with E-state index in [-0.39, 0.29) is 31.0 Å². The van der Waals surface area contributed by atoms with Crippen molar-refractivity contribution in [1.82, 2.24) is 10.2 Å². The van der Waals surface area contributed by atoms with Gasteiger partial charge in [-0.15, -0.1) is 0 Å². The summed E-state index contributed by atoms with van der Waals surface area (Å²) in [4.78, 5) is 0. The van der Waals surface area contributed by atoms with Gasteiger partial charge in [-0.2, -0.15) is 5.10 Å². The van der Waals surface area contributed by atoms with E-state index in [0.29, 0.717) is 0 Å². The molecule has 3 heteroatoms. The molecule has 1 aromatic rings. The third-order valence-electron chi connectivity index (χ3n) is 0.834. The second-order valence-corrected chi connectivity index (χ2v) is 1.69. The fourth-order valence-corrected chi connectivity index (χ4v) is 0.554. The number of aromatic nitrogens is 2. The molecule has 0 fully saturated rings. The normalized spacial score (nSPS) is 8.25. The first kappa shape index (κ1) is 8.21. The summed E-state index contributed by atoms with van der Waals surface area (Å²) in [6.07, 6.45) is 0. The number of H-pyrrole nitrogens is 1. The summed E-state index contributed by atoms with van der Waals surface area (Å²) in [5.74, 6) is 0. The predicted molar refractivity (Wildman–Crippen MR) is 29.2 cm³/mol. The molecule has 1 heterocycles. The Morgan fingerprint density at radius 2 is 2.25 bits per heavy atom. The van der Waals surface area contributed by atoms with Crippen molar-refractivity contribution in [2.45, 2.75) is 13.8 Å². The molecule has 0 aliphatic carbocycles. The van der Waals surface area contributed by atoms with Crippen LogP contribution in [0.25, 0.3) is 0 Å². The molecule has 1 aromatic heterocycles. The smallest absolute Gasteiger partial charge is 1.00 e. The van der Waals surface area contributed by atoms with E-state index < -0.39 is 0 Å². The van der Waals surface area contributed by atoms with E-state index in [1.54, 1.807) is 0 Å². The first-order valence-corrected chi connectivity index (χ1v) is 2.27. The molecule has 0 saturated heterocycles. The van der Waals surface area contributed by atoms with E-state index in [9.17, 15) is 0 Å². The maximum atomic E-state index is 3.89. The van der Waals surface area contributed by atoms with Crippen molar-refractivity contribution in [3.63, 3.8) is 0 Å². The van der Waals surface area contributed by atoms with Crippen molar-refractivity contribution in [1.29, 1.82) is 0 Å². The average Bonchev–Trinajstić information content (AvgIpc) is 1.87. The minimum atomic E-state index is 0. The van der Waals surface area contributed by atoms with Crippen LogP contribution in [-0.4, -0.2) is 10.2 Å². The summed E-state index contributed by atoms with van der Waals surface area (Å²) in [7, 11) is 0. The molecule has 40 valence electrons. The van der Waals surface area contributed by atoms with Gasteiger partial charge in [0.05, 0.1) is 5.69 Å². The number of aryl methyl sites for hydroxylation is 2. The Kier molecular flexibility index (Phi) is 3.36.